The molecule has 0 amide bonds. The van der Waals surface area contributed by atoms with Crippen LogP contribution in [0.2, 0.25) is 0 Å². The Morgan fingerprint density at radius 3 is 2.79 bits per heavy atom. The van der Waals surface area contributed by atoms with Gasteiger partial charge in [0.25, 0.3) is 5.69 Å². The fourth-order valence-electron chi connectivity index (χ4n) is 2.36. The van der Waals surface area contributed by atoms with Gasteiger partial charge in [-0.1, -0.05) is 6.07 Å². The van der Waals surface area contributed by atoms with E-state index >= 15 is 0 Å². The number of anilines is 1. The number of benzene rings is 1. The molecule has 0 unspecified atom stereocenters. The molecule has 0 bridgehead atoms. The van der Waals surface area contributed by atoms with Gasteiger partial charge in [0.05, 0.1) is 24.7 Å². The lowest BCUT2D eigenvalue weighted by atomic mass is 10.1. The molecule has 1 aromatic rings. The van der Waals surface area contributed by atoms with Crippen molar-refractivity contribution in [2.45, 2.75) is 6.92 Å². The van der Waals surface area contributed by atoms with E-state index in [9.17, 15) is 14.9 Å². The van der Waals surface area contributed by atoms with Gasteiger partial charge in [-0.15, -0.1) is 0 Å². The van der Waals surface area contributed by atoms with E-state index in [1.54, 1.807) is 25.1 Å². The van der Waals surface area contributed by atoms with Gasteiger partial charge in [-0.05, 0) is 24.6 Å². The average molecular weight is 331 g/mol. The highest BCUT2D eigenvalue weighted by Crippen LogP contribution is 2.30. The Labute approximate surface area is 139 Å². The number of nitriles is 1. The highest BCUT2D eigenvalue weighted by Gasteiger charge is 2.22. The van der Waals surface area contributed by atoms with E-state index in [1.165, 1.54) is 12.1 Å². The van der Waals surface area contributed by atoms with Crippen LogP contribution in [0.1, 0.15) is 12.5 Å². The number of esters is 1. The largest absolute Gasteiger partial charge is 0.462 e. The maximum Gasteiger partial charge on any atom is 0.348 e. The molecule has 8 nitrogen and oxygen atoms in total. The Morgan fingerprint density at radius 1 is 1.50 bits per heavy atom. The van der Waals surface area contributed by atoms with Crippen LogP contribution in [0, 0.1) is 21.4 Å². The topological polar surface area (TPSA) is 106 Å². The van der Waals surface area contributed by atoms with Gasteiger partial charge in [0.2, 0.25) is 0 Å². The lowest BCUT2D eigenvalue weighted by Gasteiger charge is -2.28. The normalized spacial score (nSPS) is 14.8. The van der Waals surface area contributed by atoms with Crippen LogP contribution in [0.3, 0.4) is 0 Å². The first kappa shape index (κ1) is 17.4. The van der Waals surface area contributed by atoms with E-state index in [4.69, 9.17) is 14.7 Å². The Bertz CT molecular complexity index is 702. The Morgan fingerprint density at radius 2 is 2.21 bits per heavy atom. The maximum absolute atomic E-state index is 11.6. The quantitative estimate of drug-likeness (QED) is 0.267. The second-order valence-electron chi connectivity index (χ2n) is 4.99. The summed E-state index contributed by atoms with van der Waals surface area (Å²) in [6.45, 7) is 3.95. The summed E-state index contributed by atoms with van der Waals surface area (Å²) in [6.07, 6.45) is 1.29. The fraction of sp³-hybridized carbons (Fsp3) is 0.375. The molecule has 0 saturated carbocycles. The van der Waals surface area contributed by atoms with Crippen molar-refractivity contribution in [1.29, 1.82) is 5.26 Å². The van der Waals surface area contributed by atoms with Gasteiger partial charge in [-0.25, -0.2) is 4.79 Å². The molecular weight excluding hydrogens is 314 g/mol. The van der Waals surface area contributed by atoms with Crippen LogP contribution in [0.4, 0.5) is 11.4 Å². The van der Waals surface area contributed by atoms with Gasteiger partial charge in [-0.2, -0.15) is 5.26 Å². The van der Waals surface area contributed by atoms with Crippen LogP contribution in [0.25, 0.3) is 6.08 Å². The SMILES string of the molecule is CCOC(=O)/C(C#N)=C\c1ccc(N2CCOCC2)c([N+](=O)[O-])c1. The summed E-state index contributed by atoms with van der Waals surface area (Å²) in [5.41, 5.74) is 0.607. The van der Waals surface area contributed by atoms with Crippen molar-refractivity contribution in [3.8, 4) is 6.07 Å². The molecule has 0 aliphatic carbocycles. The van der Waals surface area contributed by atoms with Crippen molar-refractivity contribution in [2.75, 3.05) is 37.8 Å². The van der Waals surface area contributed by atoms with E-state index in [2.05, 4.69) is 0 Å². The summed E-state index contributed by atoms with van der Waals surface area (Å²) in [5.74, 6) is -0.750. The molecule has 1 heterocycles. The van der Waals surface area contributed by atoms with Crippen LogP contribution in [0.15, 0.2) is 23.8 Å². The third-order valence-electron chi connectivity index (χ3n) is 3.47. The van der Waals surface area contributed by atoms with Crippen molar-refractivity contribution >= 4 is 23.4 Å². The predicted octanol–water partition coefficient (Wildman–Crippen LogP) is 1.90. The third-order valence-corrected chi connectivity index (χ3v) is 3.47. The van der Waals surface area contributed by atoms with Gasteiger partial charge < -0.3 is 14.4 Å². The van der Waals surface area contributed by atoms with Crippen molar-refractivity contribution in [3.63, 3.8) is 0 Å². The molecule has 24 heavy (non-hydrogen) atoms. The number of morpholine rings is 1. The van der Waals surface area contributed by atoms with E-state index in [1.807, 2.05) is 4.90 Å². The third kappa shape index (κ3) is 4.08. The van der Waals surface area contributed by atoms with Crippen LogP contribution in [-0.4, -0.2) is 43.8 Å². The Hall–Kier alpha value is -2.92. The molecule has 2 rings (SSSR count). The van der Waals surface area contributed by atoms with Crippen molar-refractivity contribution < 1.29 is 19.2 Å². The molecule has 1 aromatic carbocycles. The van der Waals surface area contributed by atoms with E-state index < -0.39 is 10.9 Å². The predicted molar refractivity (Wildman–Crippen MR) is 86.4 cm³/mol. The molecule has 0 atom stereocenters. The van der Waals surface area contributed by atoms with Gasteiger partial charge in [-0.3, -0.25) is 10.1 Å². The molecule has 8 heteroatoms. The minimum atomic E-state index is -0.750. The van der Waals surface area contributed by atoms with E-state index in [-0.39, 0.29) is 17.9 Å². The van der Waals surface area contributed by atoms with Crippen molar-refractivity contribution in [3.05, 3.63) is 39.4 Å². The zero-order chi connectivity index (χ0) is 17.5. The van der Waals surface area contributed by atoms with Crippen LogP contribution in [0.5, 0.6) is 0 Å². The summed E-state index contributed by atoms with van der Waals surface area (Å²) in [4.78, 5) is 24.4. The first-order chi connectivity index (χ1) is 11.6. The minimum absolute atomic E-state index is 0.0770. The maximum atomic E-state index is 11.6. The monoisotopic (exact) mass is 331 g/mol. The summed E-state index contributed by atoms with van der Waals surface area (Å²) >= 11 is 0. The van der Waals surface area contributed by atoms with Crippen LogP contribution < -0.4 is 4.90 Å². The molecule has 1 saturated heterocycles. The first-order valence-electron chi connectivity index (χ1n) is 7.47. The van der Waals surface area contributed by atoms with Crippen molar-refractivity contribution in [2.24, 2.45) is 0 Å². The fourth-order valence-corrected chi connectivity index (χ4v) is 2.36. The lowest BCUT2D eigenvalue weighted by molar-refractivity contribution is -0.384. The lowest BCUT2D eigenvalue weighted by Crippen LogP contribution is -2.36. The zero-order valence-corrected chi connectivity index (χ0v) is 13.2. The molecule has 0 aromatic heterocycles. The number of nitro groups is 1. The summed E-state index contributed by atoms with van der Waals surface area (Å²) < 4.78 is 10.0. The second kappa shape index (κ2) is 8.08. The molecule has 1 aliphatic heterocycles. The summed E-state index contributed by atoms with van der Waals surface area (Å²) in [6, 6.07) is 6.35. The number of hydrogen-bond donors (Lipinski definition) is 0. The van der Waals surface area contributed by atoms with Gasteiger partial charge in [0.15, 0.2) is 0 Å². The van der Waals surface area contributed by atoms with Crippen LogP contribution in [-0.2, 0) is 14.3 Å². The van der Waals surface area contributed by atoms with Gasteiger partial charge >= 0.3 is 5.97 Å². The number of ether oxygens (including phenoxy) is 2. The molecule has 0 radical (unpaired) electrons. The van der Waals surface area contributed by atoms with E-state index in [0.29, 0.717) is 37.6 Å². The second-order valence-corrected chi connectivity index (χ2v) is 4.99. The van der Waals surface area contributed by atoms with E-state index in [0.717, 1.165) is 0 Å². The smallest absolute Gasteiger partial charge is 0.348 e. The molecule has 126 valence electrons. The number of carbonyl (C=O) groups excluding carboxylic acids is 1. The molecular formula is C16H17N3O5. The number of nitro benzene ring substituents is 1. The first-order valence-corrected chi connectivity index (χ1v) is 7.47. The number of hydrogen-bond acceptors (Lipinski definition) is 7. The zero-order valence-electron chi connectivity index (χ0n) is 13.2. The number of rotatable bonds is 5. The standard InChI is InChI=1S/C16H17N3O5/c1-2-24-16(20)13(11-17)9-12-3-4-14(15(10-12)19(21)22)18-5-7-23-8-6-18/h3-4,9-10H,2,5-8H2,1H3/b13-9-. The van der Waals surface area contributed by atoms with Gasteiger partial charge in [0, 0.05) is 19.2 Å². The van der Waals surface area contributed by atoms with Crippen molar-refractivity contribution in [1.82, 2.24) is 0 Å². The molecule has 0 spiro atoms. The van der Waals surface area contributed by atoms with Crippen LogP contribution >= 0.6 is 0 Å². The average Bonchev–Trinajstić information content (AvgIpc) is 2.60. The molecule has 0 N–H and O–H groups in total. The highest BCUT2D eigenvalue weighted by molar-refractivity contribution is 5.98. The van der Waals surface area contributed by atoms with Gasteiger partial charge in [0.1, 0.15) is 17.3 Å². The highest BCUT2D eigenvalue weighted by atomic mass is 16.6. The molecule has 1 fully saturated rings. The Balaban J connectivity index is 2.36. The molecule has 1 aliphatic rings. The summed E-state index contributed by atoms with van der Waals surface area (Å²) in [7, 11) is 0. The number of nitrogens with zero attached hydrogens (tertiary/aromatic N) is 3. The summed E-state index contributed by atoms with van der Waals surface area (Å²) in [5, 5.41) is 20.4. The Kier molecular flexibility index (Phi) is 5.87. The minimum Gasteiger partial charge on any atom is -0.462 e. The number of carbonyl (C=O) groups is 1.